The van der Waals surface area contributed by atoms with Crippen LogP contribution in [0.2, 0.25) is 0 Å². The minimum absolute atomic E-state index is 0.143. The van der Waals surface area contributed by atoms with Gasteiger partial charge >= 0.3 is 0 Å². The van der Waals surface area contributed by atoms with E-state index in [1.165, 1.54) is 7.11 Å². The number of nitrogens with one attached hydrogen (secondary N) is 1. The molecule has 74 valence electrons. The number of hydrogen-bond donors (Lipinski definition) is 1. The van der Waals surface area contributed by atoms with Crippen LogP contribution in [0.4, 0.5) is 0 Å². The largest absolute Gasteiger partial charge is 0.497 e. The van der Waals surface area contributed by atoms with E-state index in [-0.39, 0.29) is 5.69 Å². The van der Waals surface area contributed by atoms with Crippen LogP contribution >= 0.6 is 0 Å². The second kappa shape index (κ2) is 3.42. The van der Waals surface area contributed by atoms with Gasteiger partial charge in [0.1, 0.15) is 11.8 Å². The van der Waals surface area contributed by atoms with Crippen LogP contribution in [-0.4, -0.2) is 17.1 Å². The molecule has 2 rings (SSSR count). The first kappa shape index (κ1) is 9.21. The second-order valence-electron chi connectivity index (χ2n) is 2.91. The van der Waals surface area contributed by atoms with E-state index in [9.17, 15) is 4.79 Å². The zero-order chi connectivity index (χ0) is 10.8. The first-order valence-electron chi connectivity index (χ1n) is 4.23. The first-order valence-corrected chi connectivity index (χ1v) is 4.23. The van der Waals surface area contributed by atoms with Crippen LogP contribution in [0.1, 0.15) is 5.69 Å². The third kappa shape index (κ3) is 1.53. The molecule has 1 heterocycles. The van der Waals surface area contributed by atoms with Crippen molar-refractivity contribution in [3.05, 3.63) is 34.2 Å². The van der Waals surface area contributed by atoms with E-state index in [2.05, 4.69) is 9.97 Å². The lowest BCUT2D eigenvalue weighted by Crippen LogP contribution is -2.12. The zero-order valence-electron chi connectivity index (χ0n) is 7.94. The number of methoxy groups -OCH3 is 1. The quantitative estimate of drug-likeness (QED) is 0.740. The molecule has 0 aliphatic rings. The van der Waals surface area contributed by atoms with Crippen molar-refractivity contribution in [3.8, 4) is 11.8 Å². The predicted octanol–water partition coefficient (Wildman–Crippen LogP) is 0.803. The summed E-state index contributed by atoms with van der Waals surface area (Å²) in [6.07, 6.45) is 0. The molecule has 0 radical (unpaired) electrons. The van der Waals surface area contributed by atoms with Crippen molar-refractivity contribution in [2.75, 3.05) is 7.11 Å². The van der Waals surface area contributed by atoms with Gasteiger partial charge in [0, 0.05) is 6.07 Å². The van der Waals surface area contributed by atoms with Crippen molar-refractivity contribution in [1.29, 1.82) is 5.26 Å². The Hall–Kier alpha value is -2.35. The lowest BCUT2D eigenvalue weighted by Gasteiger charge is -2.01. The Balaban J connectivity index is 2.78. The normalized spacial score (nSPS) is 9.87. The zero-order valence-corrected chi connectivity index (χ0v) is 7.94. The van der Waals surface area contributed by atoms with Gasteiger partial charge in [-0.3, -0.25) is 4.79 Å². The molecule has 0 atom stereocenters. The van der Waals surface area contributed by atoms with Crippen LogP contribution in [0.5, 0.6) is 5.75 Å². The molecule has 0 aliphatic carbocycles. The lowest BCUT2D eigenvalue weighted by molar-refractivity contribution is 0.415. The Kier molecular flexibility index (Phi) is 2.10. The smallest absolute Gasteiger partial charge is 0.285 e. The summed E-state index contributed by atoms with van der Waals surface area (Å²) < 4.78 is 5.01. The summed E-state index contributed by atoms with van der Waals surface area (Å²) in [5.74, 6) is 0.630. The average molecular weight is 201 g/mol. The van der Waals surface area contributed by atoms with Crippen LogP contribution < -0.4 is 10.3 Å². The molecule has 0 bridgehead atoms. The summed E-state index contributed by atoms with van der Waals surface area (Å²) in [5.41, 5.74) is 0.496. The summed E-state index contributed by atoms with van der Waals surface area (Å²) in [7, 11) is 1.54. The maximum atomic E-state index is 11.2. The Morgan fingerprint density at radius 2 is 2.33 bits per heavy atom. The van der Waals surface area contributed by atoms with E-state index < -0.39 is 5.56 Å². The van der Waals surface area contributed by atoms with Gasteiger partial charge in [-0.1, -0.05) is 0 Å². The molecule has 0 saturated heterocycles. The molecule has 5 heteroatoms. The number of fused-ring (bicyclic) bond motifs is 1. The van der Waals surface area contributed by atoms with Gasteiger partial charge in [0.15, 0.2) is 0 Å². The topological polar surface area (TPSA) is 78.8 Å². The molecular weight excluding hydrogens is 194 g/mol. The van der Waals surface area contributed by atoms with Crippen molar-refractivity contribution in [2.45, 2.75) is 0 Å². The van der Waals surface area contributed by atoms with Crippen molar-refractivity contribution in [2.24, 2.45) is 0 Å². The van der Waals surface area contributed by atoms with Crippen molar-refractivity contribution < 1.29 is 4.74 Å². The van der Waals surface area contributed by atoms with Crippen molar-refractivity contribution in [1.82, 2.24) is 9.97 Å². The van der Waals surface area contributed by atoms with Crippen LogP contribution in [0.3, 0.4) is 0 Å². The number of nitriles is 1. The molecule has 1 aromatic heterocycles. The van der Waals surface area contributed by atoms with Gasteiger partial charge in [0.2, 0.25) is 5.69 Å². The van der Waals surface area contributed by atoms with Crippen LogP contribution in [0.25, 0.3) is 11.0 Å². The van der Waals surface area contributed by atoms with Gasteiger partial charge in [-0.05, 0) is 12.1 Å². The van der Waals surface area contributed by atoms with E-state index in [1.807, 2.05) is 0 Å². The highest BCUT2D eigenvalue weighted by Gasteiger charge is 2.04. The maximum Gasteiger partial charge on any atom is 0.285 e. The summed E-state index contributed by atoms with van der Waals surface area (Å²) in [4.78, 5) is 17.7. The summed E-state index contributed by atoms with van der Waals surface area (Å²) in [5, 5.41) is 8.64. The summed E-state index contributed by atoms with van der Waals surface area (Å²) in [6.45, 7) is 0. The highest BCUT2D eigenvalue weighted by molar-refractivity contribution is 5.76. The number of benzene rings is 1. The van der Waals surface area contributed by atoms with Gasteiger partial charge in [-0.15, -0.1) is 0 Å². The molecule has 0 unspecified atom stereocenters. The number of aromatic nitrogens is 2. The van der Waals surface area contributed by atoms with Crippen molar-refractivity contribution >= 4 is 11.0 Å². The minimum atomic E-state index is -0.477. The molecule has 0 amide bonds. The maximum absolute atomic E-state index is 11.2. The molecule has 0 aliphatic heterocycles. The van der Waals surface area contributed by atoms with Crippen LogP contribution in [-0.2, 0) is 0 Å². The molecule has 5 nitrogen and oxygen atoms in total. The van der Waals surface area contributed by atoms with Crippen LogP contribution in [0, 0.1) is 11.3 Å². The Morgan fingerprint density at radius 3 is 3.00 bits per heavy atom. The average Bonchev–Trinajstić information content (AvgIpc) is 2.27. The molecule has 15 heavy (non-hydrogen) atoms. The fourth-order valence-corrected chi connectivity index (χ4v) is 1.27. The first-order chi connectivity index (χ1) is 7.24. The fourth-order valence-electron chi connectivity index (χ4n) is 1.27. The number of aromatic amines is 1. The number of H-pyrrole nitrogens is 1. The number of ether oxygens (including phenoxy) is 1. The van der Waals surface area contributed by atoms with E-state index in [0.29, 0.717) is 16.8 Å². The van der Waals surface area contributed by atoms with Gasteiger partial charge in [-0.25, -0.2) is 4.98 Å². The van der Waals surface area contributed by atoms with Gasteiger partial charge < -0.3 is 9.72 Å². The van der Waals surface area contributed by atoms with Crippen molar-refractivity contribution in [3.63, 3.8) is 0 Å². The molecule has 1 aromatic carbocycles. The number of rotatable bonds is 1. The van der Waals surface area contributed by atoms with Gasteiger partial charge in [0.05, 0.1) is 18.1 Å². The summed E-state index contributed by atoms with van der Waals surface area (Å²) >= 11 is 0. The molecule has 1 N–H and O–H groups in total. The Morgan fingerprint density at radius 1 is 1.53 bits per heavy atom. The third-order valence-corrected chi connectivity index (χ3v) is 2.01. The third-order valence-electron chi connectivity index (χ3n) is 2.01. The van der Waals surface area contributed by atoms with E-state index in [0.717, 1.165) is 0 Å². The monoisotopic (exact) mass is 201 g/mol. The number of hydrogen-bond acceptors (Lipinski definition) is 4. The molecule has 2 aromatic rings. The van der Waals surface area contributed by atoms with E-state index in [1.54, 1.807) is 24.3 Å². The van der Waals surface area contributed by atoms with E-state index >= 15 is 0 Å². The van der Waals surface area contributed by atoms with Gasteiger partial charge in [-0.2, -0.15) is 5.26 Å². The molecular formula is C10H7N3O2. The molecule has 0 saturated carbocycles. The Labute approximate surface area is 84.9 Å². The standard InChI is InChI=1S/C10H7N3O2/c1-15-6-2-3-7-8(4-6)12-9(5-11)10(14)13-7/h2-4H,1H3,(H,13,14). The second-order valence-corrected chi connectivity index (χ2v) is 2.91. The number of nitrogens with zero attached hydrogens (tertiary/aromatic N) is 2. The molecule has 0 fully saturated rings. The minimum Gasteiger partial charge on any atom is -0.497 e. The lowest BCUT2D eigenvalue weighted by atomic mass is 10.3. The summed E-state index contributed by atoms with van der Waals surface area (Å²) in [6, 6.07) is 6.79. The van der Waals surface area contributed by atoms with Crippen LogP contribution in [0.15, 0.2) is 23.0 Å². The van der Waals surface area contributed by atoms with E-state index in [4.69, 9.17) is 10.00 Å². The van der Waals surface area contributed by atoms with Gasteiger partial charge in [0.25, 0.3) is 5.56 Å². The highest BCUT2D eigenvalue weighted by atomic mass is 16.5. The Bertz CT molecular complexity index is 610. The SMILES string of the molecule is COc1ccc2[nH]c(=O)c(C#N)nc2c1. The molecule has 0 spiro atoms. The highest BCUT2D eigenvalue weighted by Crippen LogP contribution is 2.16. The predicted molar refractivity (Wildman–Crippen MR) is 53.6 cm³/mol. The fraction of sp³-hybridized carbons (Fsp3) is 0.100.